The first-order valence-electron chi connectivity index (χ1n) is 12.5. The first kappa shape index (κ1) is 23.3. The van der Waals surface area contributed by atoms with Crippen LogP contribution in [-0.2, 0) is 24.1 Å². The third-order valence-corrected chi connectivity index (χ3v) is 6.69. The van der Waals surface area contributed by atoms with Gasteiger partial charge in [-0.3, -0.25) is 0 Å². The van der Waals surface area contributed by atoms with Crippen molar-refractivity contribution >= 4 is 17.5 Å². The van der Waals surface area contributed by atoms with Crippen LogP contribution in [0.3, 0.4) is 0 Å². The lowest BCUT2D eigenvalue weighted by Crippen LogP contribution is -2.47. The molecular weight excluding hydrogens is 438 g/mol. The number of urea groups is 1. The number of carbonyl (C=O) groups excluding carboxylic acids is 1. The average molecular weight is 472 g/mol. The summed E-state index contributed by atoms with van der Waals surface area (Å²) in [6.45, 7) is 8.94. The van der Waals surface area contributed by atoms with Crippen molar-refractivity contribution in [3.05, 3.63) is 71.4 Å². The summed E-state index contributed by atoms with van der Waals surface area (Å²) in [7, 11) is 0. The molecule has 2 atom stereocenters. The van der Waals surface area contributed by atoms with Crippen molar-refractivity contribution in [1.82, 2.24) is 14.9 Å². The largest absolute Gasteiger partial charge is 0.372 e. The maximum atomic E-state index is 13.2. The van der Waals surface area contributed by atoms with Crippen LogP contribution >= 0.6 is 0 Å². The number of morpholine rings is 1. The van der Waals surface area contributed by atoms with Gasteiger partial charge in [0.2, 0.25) is 0 Å². The van der Waals surface area contributed by atoms with Gasteiger partial charge in [0.05, 0.1) is 24.4 Å². The van der Waals surface area contributed by atoms with Crippen LogP contribution < -0.4 is 10.2 Å². The molecule has 0 saturated carbocycles. The highest BCUT2D eigenvalue weighted by Gasteiger charge is 2.31. The fraction of sp³-hybridized carbons (Fsp3) is 0.393. The fourth-order valence-corrected chi connectivity index (χ4v) is 4.93. The number of aromatic nitrogens is 2. The highest BCUT2D eigenvalue weighted by molar-refractivity contribution is 5.89. The third-order valence-electron chi connectivity index (χ3n) is 6.69. The van der Waals surface area contributed by atoms with E-state index >= 15 is 0 Å². The Labute approximate surface area is 207 Å². The number of ether oxygens (including phenoxy) is 1. The molecule has 0 spiro atoms. The number of fused-ring (bicyclic) bond motifs is 1. The van der Waals surface area contributed by atoms with E-state index in [9.17, 15) is 4.79 Å². The standard InChI is InChI=1S/C28H33N5O2/c1-4-21-10-12-23(13-11-21)29-28(34)32-15-14-25-24(18-32)27(33-16-19(2)35-20(3)17-33)31-26(30-25)22-8-6-5-7-9-22/h5-13,19-20H,4,14-18H2,1-3H3,(H,29,34). The predicted octanol–water partition coefficient (Wildman–Crippen LogP) is 4.91. The Kier molecular flexibility index (Phi) is 6.68. The molecule has 2 unspecified atom stereocenters. The van der Waals surface area contributed by atoms with Crippen molar-refractivity contribution in [2.24, 2.45) is 0 Å². The summed E-state index contributed by atoms with van der Waals surface area (Å²) in [6, 6.07) is 18.0. The van der Waals surface area contributed by atoms with E-state index in [0.29, 0.717) is 19.5 Å². The van der Waals surface area contributed by atoms with Gasteiger partial charge in [-0.2, -0.15) is 0 Å². The number of amides is 2. The van der Waals surface area contributed by atoms with Crippen molar-refractivity contribution in [1.29, 1.82) is 0 Å². The lowest BCUT2D eigenvalue weighted by Gasteiger charge is -2.39. The molecule has 1 saturated heterocycles. The van der Waals surface area contributed by atoms with Gasteiger partial charge < -0.3 is 19.9 Å². The van der Waals surface area contributed by atoms with Crippen LogP contribution in [0.15, 0.2) is 54.6 Å². The smallest absolute Gasteiger partial charge is 0.322 e. The van der Waals surface area contributed by atoms with Gasteiger partial charge in [0, 0.05) is 42.9 Å². The molecule has 7 heteroatoms. The zero-order chi connectivity index (χ0) is 24.4. The molecule has 2 aliphatic rings. The number of benzene rings is 2. The molecular formula is C28H33N5O2. The molecule has 1 fully saturated rings. The van der Waals surface area contributed by atoms with Gasteiger partial charge in [-0.25, -0.2) is 14.8 Å². The van der Waals surface area contributed by atoms with E-state index in [1.165, 1.54) is 5.56 Å². The molecule has 0 bridgehead atoms. The Morgan fingerprint density at radius 2 is 1.74 bits per heavy atom. The molecule has 1 aromatic heterocycles. The minimum Gasteiger partial charge on any atom is -0.372 e. The lowest BCUT2D eigenvalue weighted by atomic mass is 10.0. The highest BCUT2D eigenvalue weighted by atomic mass is 16.5. The minimum absolute atomic E-state index is 0.0957. The first-order chi connectivity index (χ1) is 17.0. The molecule has 7 nitrogen and oxygen atoms in total. The molecule has 35 heavy (non-hydrogen) atoms. The van der Waals surface area contributed by atoms with E-state index in [1.807, 2.05) is 47.4 Å². The number of rotatable bonds is 4. The average Bonchev–Trinajstić information content (AvgIpc) is 2.88. The van der Waals surface area contributed by atoms with Crippen LogP contribution in [0.2, 0.25) is 0 Å². The van der Waals surface area contributed by atoms with Gasteiger partial charge in [0.25, 0.3) is 0 Å². The van der Waals surface area contributed by atoms with E-state index < -0.39 is 0 Å². The molecule has 2 amide bonds. The molecule has 2 aromatic carbocycles. The maximum Gasteiger partial charge on any atom is 0.322 e. The molecule has 0 radical (unpaired) electrons. The SMILES string of the molecule is CCc1ccc(NC(=O)N2CCc3nc(-c4ccccc4)nc(N4CC(C)OC(C)C4)c3C2)cc1. The number of anilines is 2. The van der Waals surface area contributed by atoms with Crippen LogP contribution in [0.4, 0.5) is 16.3 Å². The number of nitrogens with one attached hydrogen (secondary N) is 1. The van der Waals surface area contributed by atoms with Crippen molar-refractivity contribution in [2.45, 2.75) is 52.4 Å². The molecule has 3 aromatic rings. The molecule has 3 heterocycles. The summed E-state index contributed by atoms with van der Waals surface area (Å²) in [5, 5.41) is 3.06. The molecule has 2 aliphatic heterocycles. The second-order valence-corrected chi connectivity index (χ2v) is 9.48. The third kappa shape index (κ3) is 5.15. The van der Waals surface area contributed by atoms with E-state index in [1.54, 1.807) is 0 Å². The maximum absolute atomic E-state index is 13.2. The monoisotopic (exact) mass is 471 g/mol. The second-order valence-electron chi connectivity index (χ2n) is 9.48. The summed E-state index contributed by atoms with van der Waals surface area (Å²) in [5.41, 5.74) is 5.12. The Hall–Kier alpha value is -3.45. The summed E-state index contributed by atoms with van der Waals surface area (Å²) in [5.74, 6) is 1.65. The van der Waals surface area contributed by atoms with E-state index in [4.69, 9.17) is 14.7 Å². The zero-order valence-corrected chi connectivity index (χ0v) is 20.7. The van der Waals surface area contributed by atoms with Gasteiger partial charge >= 0.3 is 6.03 Å². The molecule has 5 rings (SSSR count). The Morgan fingerprint density at radius 1 is 1.03 bits per heavy atom. The molecule has 182 valence electrons. The van der Waals surface area contributed by atoms with E-state index in [0.717, 1.165) is 53.7 Å². The van der Waals surface area contributed by atoms with Gasteiger partial charge in [-0.15, -0.1) is 0 Å². The van der Waals surface area contributed by atoms with Crippen molar-refractivity contribution < 1.29 is 9.53 Å². The number of nitrogens with zero attached hydrogens (tertiary/aromatic N) is 4. The topological polar surface area (TPSA) is 70.6 Å². The van der Waals surface area contributed by atoms with Crippen LogP contribution in [-0.4, -0.2) is 52.7 Å². The van der Waals surface area contributed by atoms with Gasteiger partial charge in [-0.05, 0) is 38.0 Å². The first-order valence-corrected chi connectivity index (χ1v) is 12.5. The van der Waals surface area contributed by atoms with Crippen LogP contribution in [0.25, 0.3) is 11.4 Å². The summed E-state index contributed by atoms with van der Waals surface area (Å²) < 4.78 is 5.98. The summed E-state index contributed by atoms with van der Waals surface area (Å²) in [4.78, 5) is 27.3. The number of aryl methyl sites for hydroxylation is 1. The van der Waals surface area contributed by atoms with Crippen molar-refractivity contribution in [3.8, 4) is 11.4 Å². The second kappa shape index (κ2) is 10.0. The number of carbonyl (C=O) groups is 1. The zero-order valence-electron chi connectivity index (χ0n) is 20.7. The van der Waals surface area contributed by atoms with Gasteiger partial charge in [0.1, 0.15) is 5.82 Å². The fourth-order valence-electron chi connectivity index (χ4n) is 4.93. The van der Waals surface area contributed by atoms with Crippen LogP contribution in [0.5, 0.6) is 0 Å². The quantitative estimate of drug-likeness (QED) is 0.586. The highest BCUT2D eigenvalue weighted by Crippen LogP contribution is 2.31. The van der Waals surface area contributed by atoms with Crippen LogP contribution in [0.1, 0.15) is 37.6 Å². The lowest BCUT2D eigenvalue weighted by molar-refractivity contribution is -0.00556. The van der Waals surface area contributed by atoms with Gasteiger partial charge in [0.15, 0.2) is 5.82 Å². The Bertz CT molecular complexity index is 1170. The predicted molar refractivity (Wildman–Crippen MR) is 139 cm³/mol. The van der Waals surface area contributed by atoms with E-state index in [-0.39, 0.29) is 18.2 Å². The summed E-state index contributed by atoms with van der Waals surface area (Å²) in [6.07, 6.45) is 1.89. The van der Waals surface area contributed by atoms with Crippen molar-refractivity contribution in [3.63, 3.8) is 0 Å². The van der Waals surface area contributed by atoms with Gasteiger partial charge in [-0.1, -0.05) is 49.4 Å². The normalized spacial score (nSPS) is 19.9. The van der Waals surface area contributed by atoms with Crippen LogP contribution in [0, 0.1) is 0 Å². The van der Waals surface area contributed by atoms with Crippen molar-refractivity contribution in [2.75, 3.05) is 29.9 Å². The molecule has 0 aliphatic carbocycles. The van der Waals surface area contributed by atoms with E-state index in [2.05, 4.69) is 43.1 Å². The summed E-state index contributed by atoms with van der Waals surface area (Å²) >= 11 is 0. The molecule has 1 N–H and O–H groups in total. The number of hydrogen-bond acceptors (Lipinski definition) is 5. The Morgan fingerprint density at radius 3 is 2.43 bits per heavy atom. The number of hydrogen-bond donors (Lipinski definition) is 1. The Balaban J connectivity index is 1.44. The minimum atomic E-state index is -0.0957.